The van der Waals surface area contributed by atoms with E-state index in [2.05, 4.69) is 15.3 Å². The molecule has 0 spiro atoms. The van der Waals surface area contributed by atoms with Gasteiger partial charge < -0.3 is 10.3 Å². The van der Waals surface area contributed by atoms with Gasteiger partial charge in [0, 0.05) is 5.69 Å². The van der Waals surface area contributed by atoms with Gasteiger partial charge in [0.2, 0.25) is 5.91 Å². The van der Waals surface area contributed by atoms with Crippen LogP contribution in [0, 0.1) is 13.8 Å². The van der Waals surface area contributed by atoms with Gasteiger partial charge in [-0.25, -0.2) is 4.98 Å². The van der Waals surface area contributed by atoms with Crippen molar-refractivity contribution in [3.05, 3.63) is 69.8 Å². The first-order valence-electron chi connectivity index (χ1n) is 9.49. The summed E-state index contributed by atoms with van der Waals surface area (Å²) in [5.74, 6) is 0.463. The van der Waals surface area contributed by atoms with Crippen molar-refractivity contribution in [1.82, 2.24) is 14.9 Å². The summed E-state index contributed by atoms with van der Waals surface area (Å²) < 4.78 is 0. The fourth-order valence-electron chi connectivity index (χ4n) is 3.16. The van der Waals surface area contributed by atoms with Crippen molar-refractivity contribution < 1.29 is 4.79 Å². The van der Waals surface area contributed by atoms with Crippen LogP contribution in [0.5, 0.6) is 0 Å². The van der Waals surface area contributed by atoms with Crippen molar-refractivity contribution in [1.29, 1.82) is 0 Å². The van der Waals surface area contributed by atoms with Crippen LogP contribution >= 0.6 is 0 Å². The lowest BCUT2D eigenvalue weighted by Crippen LogP contribution is -2.42. The topological polar surface area (TPSA) is 78.1 Å². The molecule has 0 fully saturated rings. The second-order valence-corrected chi connectivity index (χ2v) is 7.06. The number of fused-ring (bicyclic) bond motifs is 1. The first kappa shape index (κ1) is 19.8. The Kier molecular flexibility index (Phi) is 5.90. The van der Waals surface area contributed by atoms with E-state index in [1.807, 2.05) is 69.0 Å². The first-order valence-corrected chi connectivity index (χ1v) is 9.49. The van der Waals surface area contributed by atoms with E-state index in [1.165, 1.54) is 5.56 Å². The number of aromatic nitrogens is 2. The average molecular weight is 378 g/mol. The van der Waals surface area contributed by atoms with E-state index in [-0.39, 0.29) is 17.5 Å². The van der Waals surface area contributed by atoms with E-state index in [1.54, 1.807) is 6.07 Å². The second-order valence-electron chi connectivity index (χ2n) is 7.06. The third kappa shape index (κ3) is 4.28. The van der Waals surface area contributed by atoms with E-state index >= 15 is 0 Å². The Balaban J connectivity index is 1.76. The lowest BCUT2D eigenvalue weighted by Gasteiger charge is -2.26. The largest absolute Gasteiger partial charge is 0.325 e. The minimum absolute atomic E-state index is 0.0896. The predicted octanol–water partition coefficient (Wildman–Crippen LogP) is 3.39. The van der Waals surface area contributed by atoms with Gasteiger partial charge in [0.25, 0.3) is 5.56 Å². The molecule has 146 valence electrons. The van der Waals surface area contributed by atoms with Gasteiger partial charge in [0.05, 0.1) is 23.5 Å². The highest BCUT2D eigenvalue weighted by atomic mass is 16.2. The maximum atomic E-state index is 12.7. The van der Waals surface area contributed by atoms with Crippen molar-refractivity contribution in [2.75, 3.05) is 11.9 Å². The van der Waals surface area contributed by atoms with Gasteiger partial charge >= 0.3 is 0 Å². The van der Waals surface area contributed by atoms with E-state index in [0.29, 0.717) is 29.8 Å². The number of carbonyl (C=O) groups excluding carboxylic acids is 1. The molecule has 0 radical (unpaired) electrons. The highest BCUT2D eigenvalue weighted by Crippen LogP contribution is 2.16. The summed E-state index contributed by atoms with van der Waals surface area (Å²) in [7, 11) is 0. The third-order valence-corrected chi connectivity index (χ3v) is 5.12. The minimum atomic E-state index is -0.372. The minimum Gasteiger partial charge on any atom is -0.325 e. The summed E-state index contributed by atoms with van der Waals surface area (Å²) in [6, 6.07) is 12.7. The number of nitrogens with zero attached hydrogens (tertiary/aromatic N) is 2. The van der Waals surface area contributed by atoms with E-state index in [4.69, 9.17) is 0 Å². The van der Waals surface area contributed by atoms with Gasteiger partial charge in [0.1, 0.15) is 5.82 Å². The second kappa shape index (κ2) is 8.35. The van der Waals surface area contributed by atoms with Crippen LogP contribution in [0.15, 0.2) is 47.3 Å². The lowest BCUT2D eigenvalue weighted by atomic mass is 10.1. The van der Waals surface area contributed by atoms with E-state index in [0.717, 1.165) is 11.3 Å². The molecule has 0 bridgehead atoms. The molecular formula is C22H26N4O2. The van der Waals surface area contributed by atoms with Crippen molar-refractivity contribution >= 4 is 22.5 Å². The van der Waals surface area contributed by atoms with Crippen molar-refractivity contribution in [2.45, 2.75) is 40.3 Å². The molecule has 2 aromatic carbocycles. The molecule has 1 aromatic heterocycles. The monoisotopic (exact) mass is 378 g/mol. The molecule has 1 heterocycles. The highest BCUT2D eigenvalue weighted by molar-refractivity contribution is 5.94. The number of para-hydroxylation sites is 1. The van der Waals surface area contributed by atoms with Crippen molar-refractivity contribution in [3.8, 4) is 0 Å². The summed E-state index contributed by atoms with van der Waals surface area (Å²) in [6.07, 6.45) is 0. The van der Waals surface area contributed by atoms with Crippen LogP contribution in [-0.2, 0) is 11.3 Å². The Morgan fingerprint density at radius 2 is 1.93 bits per heavy atom. The van der Waals surface area contributed by atoms with Gasteiger partial charge in [-0.3, -0.25) is 14.5 Å². The van der Waals surface area contributed by atoms with Crippen LogP contribution in [-0.4, -0.2) is 33.4 Å². The maximum absolute atomic E-state index is 12.7. The summed E-state index contributed by atoms with van der Waals surface area (Å²) in [5.41, 5.74) is 3.60. The highest BCUT2D eigenvalue weighted by Gasteiger charge is 2.21. The number of amides is 1. The van der Waals surface area contributed by atoms with Crippen LogP contribution in [0.2, 0.25) is 0 Å². The molecule has 0 aliphatic heterocycles. The molecule has 0 saturated carbocycles. The molecule has 1 unspecified atom stereocenters. The van der Waals surface area contributed by atoms with Crippen LogP contribution in [0.3, 0.4) is 0 Å². The number of H-pyrrole nitrogens is 1. The summed E-state index contributed by atoms with van der Waals surface area (Å²) in [6.45, 7) is 8.95. The van der Waals surface area contributed by atoms with Gasteiger partial charge in [-0.2, -0.15) is 0 Å². The van der Waals surface area contributed by atoms with Crippen LogP contribution in [0.1, 0.15) is 30.8 Å². The third-order valence-electron chi connectivity index (χ3n) is 5.12. The smallest absolute Gasteiger partial charge is 0.258 e. The lowest BCUT2D eigenvalue weighted by molar-refractivity contribution is -0.120. The number of benzene rings is 2. The summed E-state index contributed by atoms with van der Waals surface area (Å²) in [5, 5.41) is 3.54. The first-order chi connectivity index (χ1) is 13.4. The Morgan fingerprint density at radius 1 is 1.18 bits per heavy atom. The molecule has 3 rings (SSSR count). The number of hydrogen-bond donors (Lipinski definition) is 2. The number of carbonyl (C=O) groups is 1. The molecule has 6 heteroatoms. The molecule has 3 aromatic rings. The quantitative estimate of drug-likeness (QED) is 0.689. The van der Waals surface area contributed by atoms with Crippen LogP contribution in [0.25, 0.3) is 10.9 Å². The van der Waals surface area contributed by atoms with E-state index < -0.39 is 0 Å². The average Bonchev–Trinajstić information content (AvgIpc) is 2.68. The number of anilines is 1. The number of aryl methyl sites for hydroxylation is 2. The van der Waals surface area contributed by atoms with Gasteiger partial charge in [-0.15, -0.1) is 0 Å². The normalized spacial score (nSPS) is 12.3. The van der Waals surface area contributed by atoms with Gasteiger partial charge in [-0.1, -0.05) is 25.1 Å². The van der Waals surface area contributed by atoms with Crippen molar-refractivity contribution in [3.63, 3.8) is 0 Å². The zero-order valence-corrected chi connectivity index (χ0v) is 16.7. The van der Waals surface area contributed by atoms with Gasteiger partial charge in [-0.05, 0) is 62.7 Å². The summed E-state index contributed by atoms with van der Waals surface area (Å²) in [4.78, 5) is 34.4. The Morgan fingerprint density at radius 3 is 2.64 bits per heavy atom. The molecule has 6 nitrogen and oxygen atoms in total. The zero-order chi connectivity index (χ0) is 20.3. The molecule has 0 aliphatic carbocycles. The molecule has 0 saturated heterocycles. The van der Waals surface area contributed by atoms with Crippen molar-refractivity contribution in [2.24, 2.45) is 0 Å². The van der Waals surface area contributed by atoms with Crippen LogP contribution < -0.4 is 10.9 Å². The Hall–Kier alpha value is -2.99. The molecule has 2 N–H and O–H groups in total. The molecule has 28 heavy (non-hydrogen) atoms. The number of aromatic amines is 1. The van der Waals surface area contributed by atoms with E-state index in [9.17, 15) is 9.59 Å². The maximum Gasteiger partial charge on any atom is 0.258 e. The molecule has 1 atom stereocenters. The standard InChI is InChI=1S/C22H26N4O2/c1-5-26(13-20-24-19-9-7-6-8-18(19)22(28)25-20)16(4)21(27)23-17-11-10-14(2)15(3)12-17/h6-12,16H,5,13H2,1-4H3,(H,23,27)(H,24,25,28). The van der Waals surface area contributed by atoms with Crippen LogP contribution in [0.4, 0.5) is 5.69 Å². The number of nitrogens with one attached hydrogen (secondary N) is 2. The fraction of sp³-hybridized carbons (Fsp3) is 0.318. The SMILES string of the molecule is CCN(Cc1nc2ccccc2c(=O)[nH]1)C(C)C(=O)Nc1ccc(C)c(C)c1. The molecule has 0 aliphatic rings. The number of rotatable bonds is 6. The van der Waals surface area contributed by atoms with Gasteiger partial charge in [0.15, 0.2) is 0 Å². The Bertz CT molecular complexity index is 1060. The predicted molar refractivity (Wildman–Crippen MR) is 112 cm³/mol. The Labute approximate surface area is 164 Å². The molecular weight excluding hydrogens is 352 g/mol. The number of hydrogen-bond acceptors (Lipinski definition) is 4. The fourth-order valence-corrected chi connectivity index (χ4v) is 3.16. The zero-order valence-electron chi connectivity index (χ0n) is 16.7. The molecule has 1 amide bonds. The number of likely N-dealkylation sites (N-methyl/N-ethyl adjacent to an activating group) is 1. The summed E-state index contributed by atoms with van der Waals surface area (Å²) >= 11 is 0.